The number of para-hydroxylation sites is 1. The van der Waals surface area contributed by atoms with Crippen LogP contribution in [-0.4, -0.2) is 49.0 Å². The molecule has 1 heterocycles. The van der Waals surface area contributed by atoms with Gasteiger partial charge in [-0.3, -0.25) is 14.5 Å². The van der Waals surface area contributed by atoms with Crippen molar-refractivity contribution in [3.63, 3.8) is 0 Å². The fourth-order valence-corrected chi connectivity index (χ4v) is 2.14. The third-order valence-corrected chi connectivity index (χ3v) is 3.35. The summed E-state index contributed by atoms with van der Waals surface area (Å²) in [5.41, 5.74) is -0.526. The maximum absolute atomic E-state index is 13.3. The summed E-state index contributed by atoms with van der Waals surface area (Å²) < 4.78 is 31.9. The van der Waals surface area contributed by atoms with Gasteiger partial charge in [0.1, 0.15) is 17.3 Å². The molecule has 2 N–H and O–H groups in total. The Kier molecular flexibility index (Phi) is 6.19. The number of benzene rings is 1. The SMILES string of the molecule is O=C(NCCOCCN1C(=O)CCC1=O)Nc1c(F)cccc1F. The molecule has 0 unspecified atom stereocenters. The van der Waals surface area contributed by atoms with E-state index in [1.807, 2.05) is 0 Å². The minimum atomic E-state index is -0.874. The molecule has 0 atom stereocenters. The van der Waals surface area contributed by atoms with Crippen LogP contribution in [0.4, 0.5) is 19.3 Å². The average Bonchev–Trinajstić information content (AvgIpc) is 2.86. The Labute approximate surface area is 136 Å². The number of anilines is 1. The van der Waals surface area contributed by atoms with E-state index in [-0.39, 0.29) is 51.0 Å². The molecule has 0 aromatic heterocycles. The number of nitrogens with one attached hydrogen (secondary N) is 2. The third-order valence-electron chi connectivity index (χ3n) is 3.35. The molecule has 24 heavy (non-hydrogen) atoms. The van der Waals surface area contributed by atoms with E-state index in [0.717, 1.165) is 17.0 Å². The predicted octanol–water partition coefficient (Wildman–Crippen LogP) is 1.25. The molecule has 2 rings (SSSR count). The summed E-state index contributed by atoms with van der Waals surface area (Å²) in [5, 5.41) is 4.45. The minimum absolute atomic E-state index is 0.101. The molecule has 130 valence electrons. The highest BCUT2D eigenvalue weighted by Crippen LogP contribution is 2.17. The maximum atomic E-state index is 13.3. The van der Waals surface area contributed by atoms with Crippen molar-refractivity contribution >= 4 is 23.5 Å². The van der Waals surface area contributed by atoms with Gasteiger partial charge in [0.15, 0.2) is 0 Å². The molecule has 4 amide bonds. The second-order valence-corrected chi connectivity index (χ2v) is 5.03. The van der Waals surface area contributed by atoms with Crippen molar-refractivity contribution < 1.29 is 27.9 Å². The molecule has 0 saturated carbocycles. The first-order valence-corrected chi connectivity index (χ1v) is 7.39. The fraction of sp³-hybridized carbons (Fsp3) is 0.400. The van der Waals surface area contributed by atoms with E-state index < -0.39 is 23.4 Å². The number of amides is 4. The van der Waals surface area contributed by atoms with Gasteiger partial charge in [0, 0.05) is 19.4 Å². The van der Waals surface area contributed by atoms with Crippen LogP contribution in [0.5, 0.6) is 0 Å². The van der Waals surface area contributed by atoms with Gasteiger partial charge in [-0.15, -0.1) is 0 Å². The summed E-state index contributed by atoms with van der Waals surface area (Å²) in [6.45, 7) is 0.556. The Balaban J connectivity index is 1.61. The van der Waals surface area contributed by atoms with Gasteiger partial charge >= 0.3 is 6.03 Å². The molecule has 1 aliphatic rings. The molecule has 9 heteroatoms. The molecular weight excluding hydrogens is 324 g/mol. The number of imide groups is 1. The topological polar surface area (TPSA) is 87.7 Å². The lowest BCUT2D eigenvalue weighted by Gasteiger charge is -2.14. The summed E-state index contributed by atoms with van der Waals surface area (Å²) in [5.74, 6) is -2.18. The number of urea groups is 1. The van der Waals surface area contributed by atoms with E-state index in [1.165, 1.54) is 6.07 Å². The summed E-state index contributed by atoms with van der Waals surface area (Å²) >= 11 is 0. The Bertz CT molecular complexity index is 603. The molecule has 1 aliphatic heterocycles. The fourth-order valence-electron chi connectivity index (χ4n) is 2.14. The molecule has 1 aromatic carbocycles. The van der Waals surface area contributed by atoms with Gasteiger partial charge in [0.05, 0.1) is 19.8 Å². The number of nitrogens with zero attached hydrogens (tertiary/aromatic N) is 1. The van der Waals surface area contributed by atoms with Gasteiger partial charge in [-0.1, -0.05) is 6.07 Å². The van der Waals surface area contributed by atoms with Crippen LogP contribution in [-0.2, 0) is 14.3 Å². The second kappa shape index (κ2) is 8.34. The van der Waals surface area contributed by atoms with E-state index >= 15 is 0 Å². The third kappa shape index (κ3) is 4.72. The monoisotopic (exact) mass is 341 g/mol. The molecule has 0 bridgehead atoms. The molecule has 0 radical (unpaired) electrons. The largest absolute Gasteiger partial charge is 0.378 e. The summed E-state index contributed by atoms with van der Waals surface area (Å²) in [7, 11) is 0. The predicted molar refractivity (Wildman–Crippen MR) is 80.2 cm³/mol. The number of carbonyl (C=O) groups is 3. The Morgan fingerprint density at radius 2 is 1.75 bits per heavy atom. The summed E-state index contributed by atoms with van der Waals surface area (Å²) in [6, 6.07) is 2.48. The van der Waals surface area contributed by atoms with Crippen LogP contribution in [0.15, 0.2) is 18.2 Å². The number of rotatable bonds is 7. The summed E-state index contributed by atoms with van der Waals surface area (Å²) in [4.78, 5) is 35.4. The molecular formula is C15H17F2N3O4. The number of hydrogen-bond donors (Lipinski definition) is 2. The number of likely N-dealkylation sites (tertiary alicyclic amines) is 1. The van der Waals surface area contributed by atoms with Gasteiger partial charge < -0.3 is 15.4 Å². The highest BCUT2D eigenvalue weighted by molar-refractivity contribution is 6.01. The zero-order chi connectivity index (χ0) is 17.5. The molecule has 7 nitrogen and oxygen atoms in total. The van der Waals surface area contributed by atoms with Gasteiger partial charge in [0.2, 0.25) is 11.8 Å². The first-order valence-electron chi connectivity index (χ1n) is 7.39. The Morgan fingerprint density at radius 1 is 1.12 bits per heavy atom. The minimum Gasteiger partial charge on any atom is -0.378 e. The maximum Gasteiger partial charge on any atom is 0.319 e. The highest BCUT2D eigenvalue weighted by atomic mass is 19.1. The van der Waals surface area contributed by atoms with Crippen molar-refractivity contribution in [2.75, 3.05) is 31.6 Å². The van der Waals surface area contributed by atoms with Gasteiger partial charge in [-0.05, 0) is 12.1 Å². The number of halogens is 2. The standard InChI is InChI=1S/C15H17F2N3O4/c16-10-2-1-3-11(17)14(10)19-15(23)18-6-8-24-9-7-20-12(21)4-5-13(20)22/h1-3H,4-9H2,(H2,18,19,23). The van der Waals surface area contributed by atoms with Crippen LogP contribution >= 0.6 is 0 Å². The van der Waals surface area contributed by atoms with E-state index in [4.69, 9.17) is 4.74 Å². The first-order chi connectivity index (χ1) is 11.5. The van der Waals surface area contributed by atoms with Crippen molar-refractivity contribution in [3.8, 4) is 0 Å². The molecule has 1 fully saturated rings. The second-order valence-electron chi connectivity index (χ2n) is 5.03. The van der Waals surface area contributed by atoms with Crippen LogP contribution in [0.2, 0.25) is 0 Å². The normalized spacial score (nSPS) is 14.2. The Hall–Kier alpha value is -2.55. The number of ether oxygens (including phenoxy) is 1. The van der Waals surface area contributed by atoms with Crippen molar-refractivity contribution in [1.29, 1.82) is 0 Å². The Morgan fingerprint density at radius 3 is 2.38 bits per heavy atom. The van der Waals surface area contributed by atoms with E-state index in [9.17, 15) is 23.2 Å². The number of hydrogen-bond acceptors (Lipinski definition) is 4. The van der Waals surface area contributed by atoms with Gasteiger partial charge in [-0.25, -0.2) is 13.6 Å². The van der Waals surface area contributed by atoms with Crippen LogP contribution in [0, 0.1) is 11.6 Å². The quantitative estimate of drug-likeness (QED) is 0.577. The van der Waals surface area contributed by atoms with Gasteiger partial charge in [0.25, 0.3) is 0 Å². The van der Waals surface area contributed by atoms with Crippen molar-refractivity contribution in [2.24, 2.45) is 0 Å². The smallest absolute Gasteiger partial charge is 0.319 e. The van der Waals surface area contributed by atoms with Crippen LogP contribution in [0.1, 0.15) is 12.8 Å². The lowest BCUT2D eigenvalue weighted by atomic mass is 10.3. The van der Waals surface area contributed by atoms with E-state index in [2.05, 4.69) is 10.6 Å². The van der Waals surface area contributed by atoms with Crippen molar-refractivity contribution in [1.82, 2.24) is 10.2 Å². The molecule has 0 spiro atoms. The molecule has 1 saturated heterocycles. The summed E-state index contributed by atoms with van der Waals surface area (Å²) in [6.07, 6.45) is 0.459. The average molecular weight is 341 g/mol. The van der Waals surface area contributed by atoms with E-state index in [1.54, 1.807) is 0 Å². The van der Waals surface area contributed by atoms with Crippen LogP contribution < -0.4 is 10.6 Å². The first kappa shape index (κ1) is 17.8. The zero-order valence-corrected chi connectivity index (χ0v) is 12.8. The lowest BCUT2D eigenvalue weighted by molar-refractivity contribution is -0.139. The zero-order valence-electron chi connectivity index (χ0n) is 12.8. The van der Waals surface area contributed by atoms with Gasteiger partial charge in [-0.2, -0.15) is 0 Å². The molecule has 0 aliphatic carbocycles. The highest BCUT2D eigenvalue weighted by Gasteiger charge is 2.28. The van der Waals surface area contributed by atoms with Crippen molar-refractivity contribution in [2.45, 2.75) is 12.8 Å². The van der Waals surface area contributed by atoms with Crippen LogP contribution in [0.3, 0.4) is 0 Å². The lowest BCUT2D eigenvalue weighted by Crippen LogP contribution is -2.34. The molecule has 1 aromatic rings. The van der Waals surface area contributed by atoms with Crippen molar-refractivity contribution in [3.05, 3.63) is 29.8 Å². The van der Waals surface area contributed by atoms with E-state index in [0.29, 0.717) is 0 Å². The number of carbonyl (C=O) groups excluding carboxylic acids is 3. The van der Waals surface area contributed by atoms with Crippen LogP contribution in [0.25, 0.3) is 0 Å².